The summed E-state index contributed by atoms with van der Waals surface area (Å²) in [7, 11) is 4.00. The molecule has 0 aliphatic heterocycles. The number of carbonyl (C=O) groups is 1. The van der Waals surface area contributed by atoms with Crippen molar-refractivity contribution in [2.24, 2.45) is 0 Å². The van der Waals surface area contributed by atoms with E-state index in [1.807, 2.05) is 14.1 Å². The van der Waals surface area contributed by atoms with Crippen molar-refractivity contribution in [2.75, 3.05) is 20.6 Å². The van der Waals surface area contributed by atoms with Gasteiger partial charge in [0.25, 0.3) is 0 Å². The van der Waals surface area contributed by atoms with E-state index in [4.69, 9.17) is 0 Å². The van der Waals surface area contributed by atoms with Crippen molar-refractivity contribution >= 4 is 5.97 Å². The number of quaternary nitrogens is 1. The van der Waals surface area contributed by atoms with Gasteiger partial charge in [-0.25, -0.2) is 0 Å². The van der Waals surface area contributed by atoms with Crippen LogP contribution in [0.5, 0.6) is 0 Å². The molecule has 0 atom stereocenters. The van der Waals surface area contributed by atoms with Gasteiger partial charge in [0, 0.05) is 0 Å². The Hall–Kier alpha value is -0.570. The van der Waals surface area contributed by atoms with E-state index in [9.17, 15) is 9.90 Å². The molecule has 3 nitrogen and oxygen atoms in total. The van der Waals surface area contributed by atoms with E-state index < -0.39 is 11.5 Å². The summed E-state index contributed by atoms with van der Waals surface area (Å²) in [5.74, 6) is -0.956. The molecule has 0 amide bonds. The fourth-order valence-electron chi connectivity index (χ4n) is 3.23. The van der Waals surface area contributed by atoms with Gasteiger partial charge in [0.05, 0.1) is 20.6 Å². The molecular formula is C22H45NO2. The van der Waals surface area contributed by atoms with E-state index in [1.54, 1.807) is 13.8 Å². The summed E-state index contributed by atoms with van der Waals surface area (Å²) < 4.78 is 0.494. The minimum atomic E-state index is -0.956. The van der Waals surface area contributed by atoms with E-state index in [0.29, 0.717) is 4.48 Å². The number of rotatable bonds is 17. The van der Waals surface area contributed by atoms with Crippen molar-refractivity contribution in [3.8, 4) is 0 Å². The molecule has 0 N–H and O–H groups in total. The summed E-state index contributed by atoms with van der Waals surface area (Å²) in [6, 6.07) is 0. The minimum Gasteiger partial charge on any atom is -0.544 e. The standard InChI is InChI=1S/C22H45NO2/c1-6-7-8-9-10-11-12-13-14-15-16-17-18-19-20-23(4,5)22(2,3)21(24)25/h6-20H2,1-5H3. The van der Waals surface area contributed by atoms with Crippen LogP contribution in [0.1, 0.15) is 111 Å². The Morgan fingerprint density at radius 3 is 1.36 bits per heavy atom. The second kappa shape index (κ2) is 13.6. The highest BCUT2D eigenvalue weighted by Crippen LogP contribution is 2.21. The van der Waals surface area contributed by atoms with Crippen molar-refractivity contribution in [1.82, 2.24) is 0 Å². The van der Waals surface area contributed by atoms with Crippen LogP contribution in [0.4, 0.5) is 0 Å². The molecule has 0 saturated carbocycles. The molecule has 0 aliphatic rings. The zero-order chi connectivity index (χ0) is 19.2. The highest BCUT2D eigenvalue weighted by Gasteiger charge is 2.37. The second-order valence-electron chi connectivity index (χ2n) is 8.85. The van der Waals surface area contributed by atoms with Gasteiger partial charge in [0.2, 0.25) is 0 Å². The molecule has 0 aromatic rings. The van der Waals surface area contributed by atoms with E-state index in [0.717, 1.165) is 13.0 Å². The topological polar surface area (TPSA) is 40.1 Å². The van der Waals surface area contributed by atoms with E-state index >= 15 is 0 Å². The molecule has 0 aromatic heterocycles. The predicted molar refractivity (Wildman–Crippen MR) is 106 cm³/mol. The highest BCUT2D eigenvalue weighted by molar-refractivity contribution is 5.73. The third-order valence-corrected chi connectivity index (χ3v) is 6.08. The molecule has 0 radical (unpaired) electrons. The number of carbonyl (C=O) groups excluding carboxylic acids is 1. The lowest BCUT2D eigenvalue weighted by molar-refractivity contribution is -0.930. The third kappa shape index (κ3) is 10.9. The zero-order valence-corrected chi connectivity index (χ0v) is 17.9. The molecule has 0 rings (SSSR count). The van der Waals surface area contributed by atoms with Gasteiger partial charge in [-0.15, -0.1) is 0 Å². The maximum absolute atomic E-state index is 11.3. The van der Waals surface area contributed by atoms with Crippen LogP contribution in [0.3, 0.4) is 0 Å². The van der Waals surface area contributed by atoms with Crippen LogP contribution in [-0.4, -0.2) is 36.6 Å². The summed E-state index contributed by atoms with van der Waals surface area (Å²) in [5, 5.41) is 11.3. The van der Waals surface area contributed by atoms with Crippen LogP contribution in [0, 0.1) is 0 Å². The van der Waals surface area contributed by atoms with Crippen molar-refractivity contribution < 1.29 is 14.4 Å². The number of likely N-dealkylation sites (N-methyl/N-ethyl adjacent to an activating group) is 1. The van der Waals surface area contributed by atoms with E-state index in [-0.39, 0.29) is 0 Å². The van der Waals surface area contributed by atoms with Gasteiger partial charge in [-0.1, -0.05) is 84.0 Å². The molecule has 0 unspecified atom stereocenters. The van der Waals surface area contributed by atoms with Crippen LogP contribution in [0.2, 0.25) is 0 Å². The number of carboxylic acids is 1. The molecule has 150 valence electrons. The van der Waals surface area contributed by atoms with Gasteiger partial charge in [0.1, 0.15) is 11.5 Å². The molecular weight excluding hydrogens is 310 g/mol. The van der Waals surface area contributed by atoms with Gasteiger partial charge in [0.15, 0.2) is 0 Å². The summed E-state index contributed by atoms with van der Waals surface area (Å²) in [5.41, 5.74) is -0.823. The fraction of sp³-hybridized carbons (Fsp3) is 0.955. The summed E-state index contributed by atoms with van der Waals surface area (Å²) in [6.07, 6.45) is 18.9. The number of hydrogen-bond donors (Lipinski definition) is 0. The number of nitrogens with zero attached hydrogens (tertiary/aromatic N) is 1. The van der Waals surface area contributed by atoms with Crippen LogP contribution in [-0.2, 0) is 4.79 Å². The SMILES string of the molecule is CCCCCCCCCCCCCCCC[N+](C)(C)C(C)(C)C(=O)[O-]. The predicted octanol–water partition coefficient (Wildman–Crippen LogP) is 5.07. The Morgan fingerprint density at radius 1 is 0.720 bits per heavy atom. The van der Waals surface area contributed by atoms with Crippen LogP contribution in [0.15, 0.2) is 0 Å². The maximum atomic E-state index is 11.3. The van der Waals surface area contributed by atoms with E-state index in [1.165, 1.54) is 83.5 Å². The Labute approximate surface area is 157 Å². The number of unbranched alkanes of at least 4 members (excludes halogenated alkanes) is 13. The van der Waals surface area contributed by atoms with Crippen LogP contribution >= 0.6 is 0 Å². The van der Waals surface area contributed by atoms with Gasteiger partial charge >= 0.3 is 0 Å². The zero-order valence-electron chi connectivity index (χ0n) is 17.9. The molecule has 0 spiro atoms. The van der Waals surface area contributed by atoms with Crippen molar-refractivity contribution in [1.29, 1.82) is 0 Å². The van der Waals surface area contributed by atoms with E-state index in [2.05, 4.69) is 6.92 Å². The lowest BCUT2D eigenvalue weighted by Gasteiger charge is -2.45. The summed E-state index contributed by atoms with van der Waals surface area (Å²) >= 11 is 0. The summed E-state index contributed by atoms with van der Waals surface area (Å²) in [4.78, 5) is 11.3. The fourth-order valence-corrected chi connectivity index (χ4v) is 3.23. The summed E-state index contributed by atoms with van der Waals surface area (Å²) in [6.45, 7) is 6.71. The Morgan fingerprint density at radius 2 is 1.04 bits per heavy atom. The number of hydrogen-bond acceptors (Lipinski definition) is 2. The average molecular weight is 356 g/mol. The molecule has 3 heteroatoms. The quantitative estimate of drug-likeness (QED) is 0.270. The van der Waals surface area contributed by atoms with Gasteiger partial charge < -0.3 is 14.4 Å². The Kier molecular flexibility index (Phi) is 13.3. The maximum Gasteiger partial charge on any atom is 0.133 e. The molecule has 0 heterocycles. The highest BCUT2D eigenvalue weighted by atomic mass is 16.4. The first-order valence-corrected chi connectivity index (χ1v) is 10.8. The molecule has 0 aliphatic carbocycles. The average Bonchev–Trinajstić information content (AvgIpc) is 2.54. The first-order chi connectivity index (χ1) is 11.8. The van der Waals surface area contributed by atoms with Gasteiger partial charge in [-0.2, -0.15) is 0 Å². The van der Waals surface area contributed by atoms with Crippen molar-refractivity contribution in [3.63, 3.8) is 0 Å². The number of carboxylic acid groups (broad SMARTS) is 1. The van der Waals surface area contributed by atoms with Crippen molar-refractivity contribution in [3.05, 3.63) is 0 Å². The second-order valence-corrected chi connectivity index (χ2v) is 8.85. The van der Waals surface area contributed by atoms with Crippen LogP contribution in [0.25, 0.3) is 0 Å². The van der Waals surface area contributed by atoms with Gasteiger partial charge in [-0.05, 0) is 26.7 Å². The molecule has 0 saturated heterocycles. The largest absolute Gasteiger partial charge is 0.544 e. The monoisotopic (exact) mass is 355 g/mol. The smallest absolute Gasteiger partial charge is 0.133 e. The Bertz CT molecular complexity index is 337. The molecule has 0 bridgehead atoms. The third-order valence-electron chi connectivity index (χ3n) is 6.08. The van der Waals surface area contributed by atoms with Crippen LogP contribution < -0.4 is 5.11 Å². The minimum absolute atomic E-state index is 0.494. The lowest BCUT2D eigenvalue weighted by Crippen LogP contribution is -2.64. The normalized spacial score (nSPS) is 12.5. The first kappa shape index (κ1) is 24.4. The first-order valence-electron chi connectivity index (χ1n) is 10.8. The Balaban J connectivity index is 3.46. The molecule has 0 fully saturated rings. The van der Waals surface area contributed by atoms with Gasteiger partial charge in [-0.3, -0.25) is 0 Å². The molecule has 25 heavy (non-hydrogen) atoms. The van der Waals surface area contributed by atoms with Crippen molar-refractivity contribution in [2.45, 2.75) is 116 Å². The molecule has 0 aromatic carbocycles. The number of aliphatic carboxylic acids is 1. The lowest BCUT2D eigenvalue weighted by atomic mass is 9.99.